The predicted octanol–water partition coefficient (Wildman–Crippen LogP) is 13.3. The van der Waals surface area contributed by atoms with E-state index in [1.54, 1.807) is 6.92 Å². The molecule has 384 valence electrons. The fourth-order valence-corrected chi connectivity index (χ4v) is 7.56. The molecule has 3 aromatic rings. The highest BCUT2D eigenvalue weighted by molar-refractivity contribution is 5.94. The summed E-state index contributed by atoms with van der Waals surface area (Å²) in [6, 6.07) is 15.2. The summed E-state index contributed by atoms with van der Waals surface area (Å²) in [6.45, 7) is 33.0. The molecule has 13 nitrogen and oxygen atoms in total. The Morgan fingerprint density at radius 3 is 1.36 bits per heavy atom. The third-order valence-corrected chi connectivity index (χ3v) is 12.1. The molecule has 0 aliphatic carbocycles. The molecular formula is C57H78O13. The molecule has 4 unspecified atom stereocenters. The summed E-state index contributed by atoms with van der Waals surface area (Å²) in [4.78, 5) is 65.5. The van der Waals surface area contributed by atoms with Crippen LogP contribution in [0, 0.1) is 54.3 Å². The molecular weight excluding hydrogens is 893 g/mol. The van der Waals surface area contributed by atoms with Crippen LogP contribution in [0.4, 0.5) is 0 Å². The van der Waals surface area contributed by atoms with E-state index in [2.05, 4.69) is 96.9 Å². The van der Waals surface area contributed by atoms with Gasteiger partial charge in [-0.3, -0.25) is 14.4 Å². The average molecular weight is 971 g/mol. The Kier molecular flexibility index (Phi) is 22.9. The minimum atomic E-state index is -0.599. The van der Waals surface area contributed by atoms with Crippen LogP contribution in [0.5, 0.6) is 0 Å². The third kappa shape index (κ3) is 17.8. The number of esters is 5. The second-order valence-electron chi connectivity index (χ2n) is 20.4. The van der Waals surface area contributed by atoms with Crippen molar-refractivity contribution in [3.05, 3.63) is 128 Å². The van der Waals surface area contributed by atoms with Crippen LogP contribution in [-0.2, 0) is 44.5 Å². The van der Waals surface area contributed by atoms with E-state index < -0.39 is 5.82 Å². The summed E-state index contributed by atoms with van der Waals surface area (Å²) >= 11 is 0. The number of aryl methyl sites for hydroxylation is 1. The largest absolute Gasteiger partial charge is 0.519 e. The van der Waals surface area contributed by atoms with Crippen LogP contribution in [0.25, 0.3) is 0 Å². The first-order chi connectivity index (χ1) is 32.8. The van der Waals surface area contributed by atoms with Crippen LogP contribution >= 0.6 is 0 Å². The zero-order valence-electron chi connectivity index (χ0n) is 44.4. The predicted molar refractivity (Wildman–Crippen MR) is 268 cm³/mol. The number of allylic oxidation sites excluding steroid dienone is 3. The summed E-state index contributed by atoms with van der Waals surface area (Å²) in [6.07, 6.45) is 6.67. The van der Waals surface area contributed by atoms with Crippen molar-refractivity contribution in [3.8, 4) is 0 Å². The van der Waals surface area contributed by atoms with E-state index in [1.165, 1.54) is 0 Å². The standard InChI is InChI=1S/2C11H12O2.C10H16O2.C9H14O2.C8H12O3.C8H12O2/c2*1-7(2)10-8-5-3-4-6-9(8)11(12)13-10;1-6(2)8(4)10-7(3)5-9(11)12-10;1-6(2)7(3)8-4-5-9(10)11-8;1-5(2)4-7-6(3)10-8(9)11-7;1-6(2)5-7-3-4-8(9)10-7/h2*3-7,10H,1-2H3;6,8H,5H2,1-4H3;4,6-7H,5H2,1-3H3;5H,4H2,1-3H3;3,6H,4-5H2,1-2H3. The Hall–Kier alpha value is -5.98. The summed E-state index contributed by atoms with van der Waals surface area (Å²) in [5, 5.41) is 0. The van der Waals surface area contributed by atoms with Crippen LogP contribution in [0.15, 0.2) is 97.2 Å². The molecule has 5 aliphatic heterocycles. The number of ether oxygens (including phenoxy) is 5. The summed E-state index contributed by atoms with van der Waals surface area (Å²) < 4.78 is 35.0. The van der Waals surface area contributed by atoms with Gasteiger partial charge in [-0.25, -0.2) is 14.4 Å². The Balaban J connectivity index is 0.000000223. The van der Waals surface area contributed by atoms with Crippen molar-refractivity contribution in [1.82, 2.24) is 0 Å². The molecule has 0 radical (unpaired) electrons. The van der Waals surface area contributed by atoms with Crippen molar-refractivity contribution in [2.24, 2.45) is 47.3 Å². The number of rotatable bonds is 10. The minimum absolute atomic E-state index is 0.0521. The quantitative estimate of drug-likeness (QED) is 0.139. The number of benzene rings is 2. The molecule has 70 heavy (non-hydrogen) atoms. The molecule has 5 aliphatic rings. The van der Waals surface area contributed by atoms with Gasteiger partial charge in [-0.15, -0.1) is 0 Å². The molecule has 6 heterocycles. The number of fused-ring (bicyclic) bond motifs is 2. The molecule has 0 spiro atoms. The lowest BCUT2D eigenvalue weighted by atomic mass is 9.94. The molecule has 8 rings (SSSR count). The Labute approximate surface area is 415 Å². The summed E-state index contributed by atoms with van der Waals surface area (Å²) in [5.74, 6) is 6.08. The molecule has 1 aromatic heterocycles. The zero-order valence-corrected chi connectivity index (χ0v) is 44.4. The van der Waals surface area contributed by atoms with Crippen molar-refractivity contribution in [2.75, 3.05) is 0 Å². The van der Waals surface area contributed by atoms with Crippen LogP contribution in [0.1, 0.15) is 185 Å². The van der Waals surface area contributed by atoms with E-state index in [0.717, 1.165) is 57.9 Å². The highest BCUT2D eigenvalue weighted by Crippen LogP contribution is 2.37. The first-order valence-corrected chi connectivity index (χ1v) is 24.7. The number of hydrogen-bond acceptors (Lipinski definition) is 13. The van der Waals surface area contributed by atoms with Gasteiger partial charge in [0.1, 0.15) is 41.0 Å². The van der Waals surface area contributed by atoms with Gasteiger partial charge in [0.15, 0.2) is 0 Å². The van der Waals surface area contributed by atoms with Gasteiger partial charge < -0.3 is 32.5 Å². The van der Waals surface area contributed by atoms with Gasteiger partial charge in [0.05, 0.1) is 30.4 Å². The summed E-state index contributed by atoms with van der Waals surface area (Å²) in [7, 11) is 0. The number of carbonyl (C=O) groups excluding carboxylic acids is 5. The van der Waals surface area contributed by atoms with Gasteiger partial charge in [0.25, 0.3) is 0 Å². The van der Waals surface area contributed by atoms with Gasteiger partial charge in [-0.2, -0.15) is 0 Å². The van der Waals surface area contributed by atoms with E-state index >= 15 is 0 Å². The molecule has 13 heteroatoms. The number of hydrogen-bond donors (Lipinski definition) is 0. The highest BCUT2D eigenvalue weighted by atomic mass is 16.6. The monoisotopic (exact) mass is 971 g/mol. The van der Waals surface area contributed by atoms with E-state index in [0.29, 0.717) is 78.1 Å². The van der Waals surface area contributed by atoms with Crippen molar-refractivity contribution in [3.63, 3.8) is 0 Å². The maximum atomic E-state index is 11.4. The van der Waals surface area contributed by atoms with E-state index in [-0.39, 0.29) is 42.1 Å². The van der Waals surface area contributed by atoms with Crippen molar-refractivity contribution >= 4 is 29.8 Å². The van der Waals surface area contributed by atoms with Gasteiger partial charge in [-0.1, -0.05) is 133 Å². The van der Waals surface area contributed by atoms with Gasteiger partial charge in [-0.05, 0) is 79.2 Å². The smallest absolute Gasteiger partial charge is 0.454 e. The Morgan fingerprint density at radius 2 is 1.00 bits per heavy atom. The SMILES string of the molecule is CC(C)C(C)C1=CCC(=O)O1.CC(C)C1OC(=O)c2ccccc21.CC(C)C1OC(=O)c2ccccc21.CC(C)CC1=CCC(=O)O1.CC1=C(C(C)C(C)C)OC(=O)C1.Cc1oc(=O)oc1CC(C)C. The molecule has 0 saturated carbocycles. The molecule has 0 bridgehead atoms. The topological polar surface area (TPSA) is 175 Å². The summed E-state index contributed by atoms with van der Waals surface area (Å²) in [5.41, 5.74) is 4.61. The first kappa shape index (κ1) is 58.3. The maximum Gasteiger partial charge on any atom is 0.519 e. The van der Waals surface area contributed by atoms with Crippen LogP contribution in [0.2, 0.25) is 0 Å². The van der Waals surface area contributed by atoms with Crippen molar-refractivity contribution in [1.29, 1.82) is 0 Å². The lowest BCUT2D eigenvalue weighted by Crippen LogP contribution is -2.09. The minimum Gasteiger partial charge on any atom is -0.454 e. The molecule has 0 fully saturated rings. The van der Waals surface area contributed by atoms with Crippen LogP contribution in [-0.4, -0.2) is 29.8 Å². The van der Waals surface area contributed by atoms with E-state index in [1.807, 2.05) is 67.6 Å². The lowest BCUT2D eigenvalue weighted by Gasteiger charge is -2.16. The van der Waals surface area contributed by atoms with E-state index in [9.17, 15) is 28.8 Å². The normalized spacial score (nSPS) is 18.3. The number of cyclic esters (lactones) is 5. The Morgan fingerprint density at radius 1 is 0.529 bits per heavy atom. The molecule has 2 aromatic carbocycles. The highest BCUT2D eigenvalue weighted by Gasteiger charge is 2.33. The van der Waals surface area contributed by atoms with Crippen molar-refractivity contribution in [2.45, 2.75) is 155 Å². The molecule has 0 N–H and O–H groups in total. The van der Waals surface area contributed by atoms with Crippen molar-refractivity contribution < 1.29 is 56.5 Å². The fraction of sp³-hybridized carbons (Fsp3) is 0.544. The van der Waals surface area contributed by atoms with Crippen LogP contribution in [0.3, 0.4) is 0 Å². The fourth-order valence-electron chi connectivity index (χ4n) is 7.56. The molecule has 0 amide bonds. The second kappa shape index (κ2) is 27.4. The van der Waals surface area contributed by atoms with Gasteiger partial charge >= 0.3 is 35.7 Å². The molecule has 4 atom stereocenters. The van der Waals surface area contributed by atoms with Gasteiger partial charge in [0.2, 0.25) is 0 Å². The third-order valence-electron chi connectivity index (χ3n) is 12.1. The van der Waals surface area contributed by atoms with Crippen LogP contribution < -0.4 is 5.82 Å². The molecule has 0 saturated heterocycles. The zero-order chi connectivity index (χ0) is 52.6. The maximum absolute atomic E-state index is 11.4. The lowest BCUT2D eigenvalue weighted by molar-refractivity contribution is -0.138. The second-order valence-corrected chi connectivity index (χ2v) is 20.4. The first-order valence-electron chi connectivity index (χ1n) is 24.7. The average Bonchev–Trinajstić information content (AvgIpc) is 4.16. The Bertz CT molecular complexity index is 2330. The number of carbonyl (C=O) groups is 5. The van der Waals surface area contributed by atoms with Gasteiger partial charge in [0, 0.05) is 35.8 Å². The van der Waals surface area contributed by atoms with E-state index in [4.69, 9.17) is 32.5 Å².